The first-order valence-electron chi connectivity index (χ1n) is 11.2. The Morgan fingerprint density at radius 3 is 1.77 bits per heavy atom. The first-order chi connectivity index (χ1) is 14.8. The van der Waals surface area contributed by atoms with Crippen LogP contribution in [-0.2, 0) is 10.2 Å². The maximum Gasteiger partial charge on any atom is 0.230 e. The van der Waals surface area contributed by atoms with E-state index in [0.29, 0.717) is 6.54 Å². The lowest BCUT2D eigenvalue weighted by molar-refractivity contribution is -0.128. The van der Waals surface area contributed by atoms with Gasteiger partial charge in [-0.15, -0.1) is 0 Å². The molecule has 1 aliphatic carbocycles. The molecular weight excluding hydrogens is 366 g/mol. The van der Waals surface area contributed by atoms with Crippen molar-refractivity contribution in [1.29, 1.82) is 0 Å². The second-order valence-electron chi connectivity index (χ2n) is 8.43. The zero-order valence-electron chi connectivity index (χ0n) is 17.6. The van der Waals surface area contributed by atoms with Gasteiger partial charge in [-0.3, -0.25) is 4.79 Å². The van der Waals surface area contributed by atoms with E-state index in [-0.39, 0.29) is 17.2 Å². The Hall–Kier alpha value is -2.87. The molecule has 0 aliphatic heterocycles. The quantitative estimate of drug-likeness (QED) is 0.503. The Morgan fingerprint density at radius 1 is 0.733 bits per heavy atom. The molecule has 154 valence electrons. The monoisotopic (exact) mass is 397 g/mol. The highest BCUT2D eigenvalue weighted by Crippen LogP contribution is 2.39. The molecule has 0 spiro atoms. The van der Waals surface area contributed by atoms with E-state index in [1.54, 1.807) is 0 Å². The van der Waals surface area contributed by atoms with E-state index in [4.69, 9.17) is 0 Å². The lowest BCUT2D eigenvalue weighted by Crippen LogP contribution is -2.46. The Morgan fingerprint density at radius 2 is 1.23 bits per heavy atom. The van der Waals surface area contributed by atoms with Gasteiger partial charge in [0.15, 0.2) is 0 Å². The molecule has 0 atom stereocenters. The summed E-state index contributed by atoms with van der Waals surface area (Å²) in [6.07, 6.45) is 6.27. The van der Waals surface area contributed by atoms with Crippen LogP contribution in [0, 0.1) is 0 Å². The minimum Gasteiger partial charge on any atom is -0.355 e. The highest BCUT2D eigenvalue weighted by atomic mass is 16.2. The zero-order chi connectivity index (χ0) is 20.7. The lowest BCUT2D eigenvalue weighted by Gasteiger charge is -2.36. The maximum absolute atomic E-state index is 13.5. The number of hydrogen-bond acceptors (Lipinski definition) is 1. The topological polar surface area (TPSA) is 29.1 Å². The fourth-order valence-corrected chi connectivity index (χ4v) is 4.96. The van der Waals surface area contributed by atoms with Crippen LogP contribution in [0.3, 0.4) is 0 Å². The second-order valence-corrected chi connectivity index (χ2v) is 8.43. The van der Waals surface area contributed by atoms with E-state index in [9.17, 15) is 4.79 Å². The molecule has 0 unspecified atom stereocenters. The Balaban J connectivity index is 1.49. The lowest BCUT2D eigenvalue weighted by atomic mass is 9.68. The minimum absolute atomic E-state index is 0.202. The van der Waals surface area contributed by atoms with Crippen molar-refractivity contribution in [1.82, 2.24) is 5.32 Å². The number of carbonyl (C=O) groups excluding carboxylic acids is 1. The van der Waals surface area contributed by atoms with Gasteiger partial charge in [0.2, 0.25) is 5.91 Å². The third-order valence-electron chi connectivity index (χ3n) is 6.59. The highest BCUT2D eigenvalue weighted by molar-refractivity contribution is 5.88. The van der Waals surface area contributed by atoms with E-state index < -0.39 is 0 Å². The van der Waals surface area contributed by atoms with Gasteiger partial charge in [-0.25, -0.2) is 0 Å². The first kappa shape index (κ1) is 20.4. The molecule has 3 aromatic rings. The number of nitrogens with one attached hydrogen (secondary N) is 1. The van der Waals surface area contributed by atoms with Gasteiger partial charge in [-0.1, -0.05) is 110 Å². The fourth-order valence-electron chi connectivity index (χ4n) is 4.96. The summed E-state index contributed by atoms with van der Waals surface area (Å²) in [5.74, 6) is 0.486. The van der Waals surface area contributed by atoms with Crippen LogP contribution in [0.1, 0.15) is 61.1 Å². The van der Waals surface area contributed by atoms with E-state index in [2.05, 4.69) is 90.2 Å². The van der Waals surface area contributed by atoms with Gasteiger partial charge in [0, 0.05) is 12.5 Å². The summed E-state index contributed by atoms with van der Waals surface area (Å²) in [5.41, 5.74) is 3.40. The number of rotatable bonds is 7. The minimum atomic E-state index is -0.367. The number of hydrogen-bond donors (Lipinski definition) is 1. The van der Waals surface area contributed by atoms with E-state index in [0.717, 1.165) is 32.1 Å². The molecular formula is C28H31NO. The van der Waals surface area contributed by atoms with Crippen molar-refractivity contribution in [2.75, 3.05) is 6.54 Å². The van der Waals surface area contributed by atoms with Crippen molar-refractivity contribution >= 4 is 5.91 Å². The van der Waals surface area contributed by atoms with E-state index >= 15 is 0 Å². The molecule has 0 saturated heterocycles. The highest BCUT2D eigenvalue weighted by Gasteiger charge is 2.40. The van der Waals surface area contributed by atoms with E-state index in [1.165, 1.54) is 23.1 Å². The molecule has 2 heteroatoms. The van der Waals surface area contributed by atoms with Crippen molar-refractivity contribution < 1.29 is 4.79 Å². The summed E-state index contributed by atoms with van der Waals surface area (Å²) in [6, 6.07) is 31.6. The van der Waals surface area contributed by atoms with Crippen LogP contribution in [-0.4, -0.2) is 12.5 Å². The summed E-state index contributed by atoms with van der Waals surface area (Å²) in [6.45, 7) is 0.682. The van der Waals surface area contributed by atoms with Crippen LogP contribution in [0.25, 0.3) is 0 Å². The smallest absolute Gasteiger partial charge is 0.230 e. The molecule has 30 heavy (non-hydrogen) atoms. The van der Waals surface area contributed by atoms with Crippen molar-refractivity contribution in [3.8, 4) is 0 Å². The third kappa shape index (κ3) is 4.48. The molecule has 0 radical (unpaired) electrons. The van der Waals surface area contributed by atoms with Crippen LogP contribution < -0.4 is 5.32 Å². The molecule has 1 fully saturated rings. The largest absolute Gasteiger partial charge is 0.355 e. The van der Waals surface area contributed by atoms with Crippen molar-refractivity contribution in [2.24, 2.45) is 0 Å². The standard InChI is InChI=1S/C28H31NO/c30-27(28(20-11-4-12-21-28)25-17-9-3-10-18-25)29-22-19-26(23-13-5-1-6-14-23)24-15-7-2-8-16-24/h1-3,5-10,13-18,26H,4,11-12,19-22H2,(H,29,30). The second kappa shape index (κ2) is 9.75. The molecule has 1 N–H and O–H groups in total. The molecule has 0 heterocycles. The summed E-state index contributed by atoms with van der Waals surface area (Å²) in [4.78, 5) is 13.5. The maximum atomic E-state index is 13.5. The number of carbonyl (C=O) groups is 1. The van der Waals surface area contributed by atoms with Gasteiger partial charge in [0.25, 0.3) is 0 Å². The van der Waals surface area contributed by atoms with Gasteiger partial charge in [-0.2, -0.15) is 0 Å². The average Bonchev–Trinajstić information content (AvgIpc) is 2.84. The third-order valence-corrected chi connectivity index (χ3v) is 6.59. The van der Waals surface area contributed by atoms with Gasteiger partial charge < -0.3 is 5.32 Å². The molecule has 2 nitrogen and oxygen atoms in total. The van der Waals surface area contributed by atoms with Crippen molar-refractivity contribution in [3.63, 3.8) is 0 Å². The van der Waals surface area contributed by atoms with Gasteiger partial charge >= 0.3 is 0 Å². The Bertz CT molecular complexity index is 875. The summed E-state index contributed by atoms with van der Waals surface area (Å²) in [7, 11) is 0. The average molecular weight is 398 g/mol. The Labute approximate surface area is 180 Å². The molecule has 1 saturated carbocycles. The van der Waals surface area contributed by atoms with Gasteiger partial charge in [-0.05, 0) is 36.0 Å². The SMILES string of the molecule is O=C(NCCC(c1ccccc1)c1ccccc1)C1(c2ccccc2)CCCCC1. The van der Waals surface area contributed by atoms with Crippen molar-refractivity contribution in [2.45, 2.75) is 49.9 Å². The van der Waals surface area contributed by atoms with Crippen LogP contribution in [0.15, 0.2) is 91.0 Å². The normalized spacial score (nSPS) is 15.6. The summed E-state index contributed by atoms with van der Waals surface area (Å²) >= 11 is 0. The predicted octanol–water partition coefficient (Wildman–Crippen LogP) is 6.23. The van der Waals surface area contributed by atoms with Crippen LogP contribution in [0.5, 0.6) is 0 Å². The van der Waals surface area contributed by atoms with Crippen LogP contribution in [0.4, 0.5) is 0 Å². The molecule has 0 aromatic heterocycles. The molecule has 1 aliphatic rings. The van der Waals surface area contributed by atoms with Gasteiger partial charge in [0.05, 0.1) is 5.41 Å². The number of benzene rings is 3. The number of amides is 1. The van der Waals surface area contributed by atoms with Crippen LogP contribution >= 0.6 is 0 Å². The fraction of sp³-hybridized carbons (Fsp3) is 0.321. The summed E-state index contributed by atoms with van der Waals surface area (Å²) < 4.78 is 0. The Kier molecular flexibility index (Phi) is 6.63. The summed E-state index contributed by atoms with van der Waals surface area (Å²) in [5, 5.41) is 3.32. The van der Waals surface area contributed by atoms with Crippen LogP contribution in [0.2, 0.25) is 0 Å². The molecule has 4 rings (SSSR count). The van der Waals surface area contributed by atoms with E-state index in [1.807, 2.05) is 6.07 Å². The predicted molar refractivity (Wildman–Crippen MR) is 124 cm³/mol. The zero-order valence-corrected chi connectivity index (χ0v) is 17.6. The first-order valence-corrected chi connectivity index (χ1v) is 11.2. The molecule has 3 aromatic carbocycles. The molecule has 1 amide bonds. The van der Waals surface area contributed by atoms with Crippen molar-refractivity contribution in [3.05, 3.63) is 108 Å². The van der Waals surface area contributed by atoms with Gasteiger partial charge in [0.1, 0.15) is 0 Å². The molecule has 0 bridgehead atoms.